The highest BCUT2D eigenvalue weighted by molar-refractivity contribution is 5.92. The van der Waals surface area contributed by atoms with E-state index in [2.05, 4.69) is 10.2 Å². The zero-order chi connectivity index (χ0) is 11.7. The van der Waals surface area contributed by atoms with Crippen molar-refractivity contribution in [2.45, 2.75) is 44.4 Å². The fraction of sp³-hybridized carbons (Fsp3) is 0.692. The molecule has 1 aromatic rings. The fourth-order valence-electron chi connectivity index (χ4n) is 2.49. The van der Waals surface area contributed by atoms with Gasteiger partial charge in [0.1, 0.15) is 5.69 Å². The van der Waals surface area contributed by atoms with E-state index in [1.165, 1.54) is 25.7 Å². The molecule has 2 fully saturated rings. The molecule has 2 heterocycles. The third kappa shape index (κ3) is 2.35. The highest BCUT2D eigenvalue weighted by atomic mass is 16.2. The molecule has 4 nitrogen and oxygen atoms in total. The molecule has 1 amide bonds. The van der Waals surface area contributed by atoms with Gasteiger partial charge in [0.25, 0.3) is 5.91 Å². The van der Waals surface area contributed by atoms with Crippen molar-refractivity contribution in [1.29, 1.82) is 0 Å². The minimum atomic E-state index is 0.107. The van der Waals surface area contributed by atoms with Gasteiger partial charge in [-0.2, -0.15) is 5.10 Å². The van der Waals surface area contributed by atoms with Gasteiger partial charge in [-0.15, -0.1) is 0 Å². The highest BCUT2D eigenvalue weighted by Crippen LogP contribution is 2.39. The van der Waals surface area contributed by atoms with E-state index in [-0.39, 0.29) is 5.91 Å². The van der Waals surface area contributed by atoms with Crippen LogP contribution in [0.2, 0.25) is 0 Å². The summed E-state index contributed by atoms with van der Waals surface area (Å²) in [5.74, 6) is 0.739. The molecule has 17 heavy (non-hydrogen) atoms. The van der Waals surface area contributed by atoms with Gasteiger partial charge in [-0.3, -0.25) is 9.89 Å². The van der Waals surface area contributed by atoms with Crippen LogP contribution in [0, 0.1) is 0 Å². The zero-order valence-electron chi connectivity index (χ0n) is 10.1. The molecule has 92 valence electrons. The van der Waals surface area contributed by atoms with Crippen LogP contribution in [0.3, 0.4) is 0 Å². The van der Waals surface area contributed by atoms with E-state index in [9.17, 15) is 4.79 Å². The van der Waals surface area contributed by atoms with Gasteiger partial charge >= 0.3 is 0 Å². The van der Waals surface area contributed by atoms with Crippen LogP contribution >= 0.6 is 0 Å². The van der Waals surface area contributed by atoms with Gasteiger partial charge in [-0.25, -0.2) is 0 Å². The molecule has 1 N–H and O–H groups in total. The third-order valence-corrected chi connectivity index (χ3v) is 3.73. The van der Waals surface area contributed by atoms with Crippen molar-refractivity contribution in [1.82, 2.24) is 15.1 Å². The first-order chi connectivity index (χ1) is 8.34. The molecule has 4 heteroatoms. The number of aromatic amines is 1. The van der Waals surface area contributed by atoms with Crippen molar-refractivity contribution in [2.24, 2.45) is 0 Å². The van der Waals surface area contributed by atoms with Gasteiger partial charge in [0, 0.05) is 24.7 Å². The quantitative estimate of drug-likeness (QED) is 0.852. The lowest BCUT2D eigenvalue weighted by atomic mass is 10.2. The lowest BCUT2D eigenvalue weighted by Crippen LogP contribution is -2.32. The first-order valence-corrected chi connectivity index (χ1v) is 6.69. The largest absolute Gasteiger partial charge is 0.337 e. The number of carbonyl (C=O) groups is 1. The van der Waals surface area contributed by atoms with E-state index in [1.807, 2.05) is 11.0 Å². The highest BCUT2D eigenvalue weighted by Gasteiger charge is 2.27. The van der Waals surface area contributed by atoms with Crippen LogP contribution in [0.1, 0.15) is 60.6 Å². The number of nitrogens with one attached hydrogen (secondary N) is 1. The summed E-state index contributed by atoms with van der Waals surface area (Å²) < 4.78 is 0. The number of H-pyrrole nitrogens is 1. The van der Waals surface area contributed by atoms with Crippen LogP contribution in [-0.2, 0) is 0 Å². The van der Waals surface area contributed by atoms with Crippen LogP contribution in [0.15, 0.2) is 6.07 Å². The van der Waals surface area contributed by atoms with Crippen LogP contribution in [-0.4, -0.2) is 34.1 Å². The topological polar surface area (TPSA) is 49.0 Å². The predicted molar refractivity (Wildman–Crippen MR) is 64.9 cm³/mol. The summed E-state index contributed by atoms with van der Waals surface area (Å²) in [4.78, 5) is 14.2. The van der Waals surface area contributed by atoms with Gasteiger partial charge in [0.15, 0.2) is 0 Å². The molecule has 2 aliphatic rings. The molecule has 0 bridgehead atoms. The number of nitrogens with zero attached hydrogens (tertiary/aromatic N) is 2. The molecule has 0 spiro atoms. The number of rotatable bonds is 2. The lowest BCUT2D eigenvalue weighted by molar-refractivity contribution is 0.0755. The maximum atomic E-state index is 12.3. The molecular formula is C13H19N3O. The maximum Gasteiger partial charge on any atom is 0.274 e. The van der Waals surface area contributed by atoms with Crippen molar-refractivity contribution >= 4 is 5.91 Å². The smallest absolute Gasteiger partial charge is 0.274 e. The first-order valence-electron chi connectivity index (χ1n) is 6.69. The molecule has 1 saturated heterocycles. The monoisotopic (exact) mass is 233 g/mol. The average Bonchev–Trinajstić information content (AvgIpc) is 3.13. The zero-order valence-corrected chi connectivity index (χ0v) is 10.1. The number of aromatic nitrogens is 2. The molecule has 1 aliphatic carbocycles. The SMILES string of the molecule is O=C(c1cc(C2CC2)[nH]n1)N1CCCCCC1. The second-order valence-corrected chi connectivity index (χ2v) is 5.19. The Morgan fingerprint density at radius 2 is 1.94 bits per heavy atom. The molecular weight excluding hydrogens is 214 g/mol. The Morgan fingerprint density at radius 3 is 2.59 bits per heavy atom. The Bertz CT molecular complexity index is 401. The maximum absolute atomic E-state index is 12.3. The first kappa shape index (κ1) is 10.8. The number of amides is 1. The number of hydrogen-bond acceptors (Lipinski definition) is 2. The molecule has 1 aromatic heterocycles. The van der Waals surface area contributed by atoms with Crippen LogP contribution in [0.4, 0.5) is 0 Å². The van der Waals surface area contributed by atoms with Crippen LogP contribution < -0.4 is 0 Å². The molecule has 0 aromatic carbocycles. The Kier molecular flexibility index (Phi) is 2.87. The fourth-order valence-corrected chi connectivity index (χ4v) is 2.49. The second-order valence-electron chi connectivity index (χ2n) is 5.19. The Morgan fingerprint density at radius 1 is 1.24 bits per heavy atom. The Balaban J connectivity index is 1.70. The van der Waals surface area contributed by atoms with Crippen molar-refractivity contribution in [2.75, 3.05) is 13.1 Å². The van der Waals surface area contributed by atoms with Crippen molar-refractivity contribution in [3.8, 4) is 0 Å². The van der Waals surface area contributed by atoms with E-state index < -0.39 is 0 Å². The standard InChI is InChI=1S/C13H19N3O/c17-13(16-7-3-1-2-4-8-16)12-9-11(14-15-12)10-5-6-10/h9-10H,1-8H2,(H,14,15). The van der Waals surface area contributed by atoms with Gasteiger partial charge in [0.2, 0.25) is 0 Å². The molecule has 0 radical (unpaired) electrons. The number of hydrogen-bond donors (Lipinski definition) is 1. The third-order valence-electron chi connectivity index (χ3n) is 3.73. The summed E-state index contributed by atoms with van der Waals surface area (Å²) in [6, 6.07) is 1.95. The summed E-state index contributed by atoms with van der Waals surface area (Å²) in [5.41, 5.74) is 1.75. The summed E-state index contributed by atoms with van der Waals surface area (Å²) >= 11 is 0. The Labute approximate surface area is 101 Å². The normalized spacial score (nSPS) is 21.3. The lowest BCUT2D eigenvalue weighted by Gasteiger charge is -2.18. The number of carbonyl (C=O) groups excluding carboxylic acids is 1. The van der Waals surface area contributed by atoms with Gasteiger partial charge in [0.05, 0.1) is 0 Å². The summed E-state index contributed by atoms with van der Waals surface area (Å²) in [6.45, 7) is 1.79. The van der Waals surface area contributed by atoms with E-state index in [4.69, 9.17) is 0 Å². The van der Waals surface area contributed by atoms with Crippen molar-refractivity contribution in [3.05, 3.63) is 17.5 Å². The number of likely N-dealkylation sites (tertiary alicyclic amines) is 1. The van der Waals surface area contributed by atoms with E-state index in [0.717, 1.165) is 31.6 Å². The molecule has 0 unspecified atom stereocenters. The van der Waals surface area contributed by atoms with Crippen molar-refractivity contribution in [3.63, 3.8) is 0 Å². The van der Waals surface area contributed by atoms with Gasteiger partial charge in [-0.05, 0) is 31.7 Å². The molecule has 1 saturated carbocycles. The van der Waals surface area contributed by atoms with Crippen LogP contribution in [0.25, 0.3) is 0 Å². The average molecular weight is 233 g/mol. The molecule has 1 aliphatic heterocycles. The molecule has 0 atom stereocenters. The Hall–Kier alpha value is -1.32. The summed E-state index contributed by atoms with van der Waals surface area (Å²) in [6.07, 6.45) is 7.23. The van der Waals surface area contributed by atoms with Crippen LogP contribution in [0.5, 0.6) is 0 Å². The van der Waals surface area contributed by atoms with Gasteiger partial charge < -0.3 is 4.90 Å². The van der Waals surface area contributed by atoms with Crippen molar-refractivity contribution < 1.29 is 4.79 Å². The minimum Gasteiger partial charge on any atom is -0.337 e. The minimum absolute atomic E-state index is 0.107. The molecule has 3 rings (SSSR count). The predicted octanol–water partition coefficient (Wildman–Crippen LogP) is 2.30. The van der Waals surface area contributed by atoms with E-state index in [0.29, 0.717) is 11.6 Å². The summed E-state index contributed by atoms with van der Waals surface area (Å²) in [7, 11) is 0. The second kappa shape index (κ2) is 4.51. The summed E-state index contributed by atoms with van der Waals surface area (Å²) in [5, 5.41) is 7.17. The van der Waals surface area contributed by atoms with E-state index >= 15 is 0 Å². The van der Waals surface area contributed by atoms with Gasteiger partial charge in [-0.1, -0.05) is 12.8 Å². The van der Waals surface area contributed by atoms with E-state index in [1.54, 1.807) is 0 Å².